The lowest BCUT2D eigenvalue weighted by molar-refractivity contribution is -0.122. The van der Waals surface area contributed by atoms with Gasteiger partial charge in [-0.05, 0) is 26.2 Å². The number of hydrogen-bond donors (Lipinski definition) is 2. The summed E-state index contributed by atoms with van der Waals surface area (Å²) in [4.78, 5) is 8.36. The average Bonchev–Trinajstić information content (AvgIpc) is 1.88. The minimum absolute atomic E-state index is 0.00993. The maximum Gasteiger partial charge on any atom is 0.290 e. The van der Waals surface area contributed by atoms with Crippen LogP contribution in [-0.2, 0) is 4.79 Å². The minimum atomic E-state index is -0.250. The Kier molecular flexibility index (Phi) is 8.27. The first-order valence-electron chi connectivity index (χ1n) is 4.26. The Morgan fingerprint density at radius 3 is 2.00 bits per heavy atom. The monoisotopic (exact) mass is 175 g/mol. The fourth-order valence-electron chi connectivity index (χ4n) is 0.805. The van der Waals surface area contributed by atoms with E-state index in [-0.39, 0.29) is 12.0 Å². The van der Waals surface area contributed by atoms with Gasteiger partial charge in [-0.15, -0.1) is 0 Å². The molecule has 0 spiro atoms. The molecule has 3 heteroatoms. The average molecular weight is 175 g/mol. The summed E-state index contributed by atoms with van der Waals surface area (Å²) in [5.74, 6) is 0.641. The topological polar surface area (TPSA) is 63.3 Å². The highest BCUT2D eigenvalue weighted by atomic mass is 16.3. The van der Waals surface area contributed by atoms with Gasteiger partial charge in [0.15, 0.2) is 0 Å². The summed E-state index contributed by atoms with van der Waals surface area (Å²) in [7, 11) is 0. The van der Waals surface area contributed by atoms with Gasteiger partial charge in [-0.25, -0.2) is 0 Å². The Bertz CT molecular complexity index is 108. The van der Waals surface area contributed by atoms with Crippen molar-refractivity contribution in [1.29, 1.82) is 0 Å². The number of nitrogens with two attached hydrogens (primary N) is 1. The summed E-state index contributed by atoms with van der Waals surface area (Å²) in [6.45, 7) is 8.34. The van der Waals surface area contributed by atoms with E-state index in [0.29, 0.717) is 5.92 Å². The lowest BCUT2D eigenvalue weighted by atomic mass is 9.87. The largest absolute Gasteiger partial charge is 0.483 e. The minimum Gasteiger partial charge on any atom is -0.483 e. The van der Waals surface area contributed by atoms with E-state index in [1.54, 1.807) is 0 Å². The molecule has 1 unspecified atom stereocenters. The molecule has 12 heavy (non-hydrogen) atoms. The van der Waals surface area contributed by atoms with E-state index < -0.39 is 0 Å². The molecule has 0 fully saturated rings. The lowest BCUT2D eigenvalue weighted by Gasteiger charge is -2.26. The third kappa shape index (κ3) is 9.43. The predicted octanol–water partition coefficient (Wildman–Crippen LogP) is 1.86. The van der Waals surface area contributed by atoms with Crippen LogP contribution in [0.2, 0.25) is 0 Å². The second-order valence-electron chi connectivity index (χ2n) is 3.62. The van der Waals surface area contributed by atoms with Crippen molar-refractivity contribution in [2.45, 2.75) is 46.1 Å². The van der Waals surface area contributed by atoms with Crippen molar-refractivity contribution in [2.75, 3.05) is 0 Å². The first-order chi connectivity index (χ1) is 5.40. The molecule has 0 aromatic heterocycles. The van der Waals surface area contributed by atoms with Crippen LogP contribution in [0.15, 0.2) is 0 Å². The van der Waals surface area contributed by atoms with E-state index in [2.05, 4.69) is 27.7 Å². The van der Waals surface area contributed by atoms with Gasteiger partial charge in [0.1, 0.15) is 0 Å². The molecule has 1 atom stereocenters. The quantitative estimate of drug-likeness (QED) is 0.643. The molecular weight excluding hydrogens is 154 g/mol. The summed E-state index contributed by atoms with van der Waals surface area (Å²) >= 11 is 0. The molecule has 0 aliphatic heterocycles. The van der Waals surface area contributed by atoms with Crippen LogP contribution in [0.4, 0.5) is 0 Å². The Balaban J connectivity index is 0. The van der Waals surface area contributed by atoms with E-state index in [0.717, 1.165) is 0 Å². The molecule has 0 aliphatic rings. The van der Waals surface area contributed by atoms with Gasteiger partial charge < -0.3 is 10.8 Å². The predicted molar refractivity (Wildman–Crippen MR) is 51.0 cm³/mol. The van der Waals surface area contributed by atoms with Crippen LogP contribution >= 0.6 is 0 Å². The van der Waals surface area contributed by atoms with E-state index >= 15 is 0 Å². The zero-order valence-electron chi connectivity index (χ0n) is 8.50. The van der Waals surface area contributed by atoms with Crippen LogP contribution in [0, 0.1) is 5.92 Å². The van der Waals surface area contributed by atoms with Crippen LogP contribution in [-0.4, -0.2) is 17.1 Å². The Morgan fingerprint density at radius 1 is 1.58 bits per heavy atom. The van der Waals surface area contributed by atoms with Gasteiger partial charge >= 0.3 is 0 Å². The van der Waals surface area contributed by atoms with E-state index in [9.17, 15) is 0 Å². The summed E-state index contributed by atoms with van der Waals surface area (Å²) in [6.07, 6.45) is 2.48. The lowest BCUT2D eigenvalue weighted by Crippen LogP contribution is -2.39. The second-order valence-corrected chi connectivity index (χ2v) is 3.62. The standard InChI is InChI=1S/C8H19N.CH2O2/c1-5-6-7(2)8(3,4)9;2-1-3/h7H,5-6,9H2,1-4H3;1H,(H,2,3). The number of carboxylic acid groups (broad SMARTS) is 1. The number of hydrogen-bond acceptors (Lipinski definition) is 2. The summed E-state index contributed by atoms with van der Waals surface area (Å²) in [5.41, 5.74) is 5.87. The molecule has 0 aromatic carbocycles. The highest BCUT2D eigenvalue weighted by Gasteiger charge is 2.18. The van der Waals surface area contributed by atoms with Crippen molar-refractivity contribution < 1.29 is 9.90 Å². The van der Waals surface area contributed by atoms with E-state index in [4.69, 9.17) is 15.6 Å². The SMILES string of the molecule is CCCC(C)C(C)(C)N.O=CO. The van der Waals surface area contributed by atoms with Crippen LogP contribution in [0.3, 0.4) is 0 Å². The fourth-order valence-corrected chi connectivity index (χ4v) is 0.805. The first-order valence-corrected chi connectivity index (χ1v) is 4.26. The van der Waals surface area contributed by atoms with Crippen LogP contribution in [0.25, 0.3) is 0 Å². The van der Waals surface area contributed by atoms with Crippen LogP contribution < -0.4 is 5.73 Å². The highest BCUT2D eigenvalue weighted by molar-refractivity contribution is 5.32. The Hall–Kier alpha value is -0.570. The second kappa shape index (κ2) is 7.10. The van der Waals surface area contributed by atoms with E-state index in [1.165, 1.54) is 12.8 Å². The molecule has 0 saturated heterocycles. The smallest absolute Gasteiger partial charge is 0.290 e. The summed E-state index contributed by atoms with van der Waals surface area (Å²) in [5, 5.41) is 6.89. The number of rotatable bonds is 3. The normalized spacial score (nSPS) is 12.8. The van der Waals surface area contributed by atoms with Gasteiger partial charge in [-0.1, -0.05) is 20.3 Å². The van der Waals surface area contributed by atoms with Crippen molar-refractivity contribution in [3.8, 4) is 0 Å². The van der Waals surface area contributed by atoms with E-state index in [1.807, 2.05) is 0 Å². The molecule has 0 rings (SSSR count). The van der Waals surface area contributed by atoms with Crippen LogP contribution in [0.5, 0.6) is 0 Å². The molecule has 0 aromatic rings. The zero-order chi connectivity index (χ0) is 10.2. The molecule has 74 valence electrons. The van der Waals surface area contributed by atoms with Crippen LogP contribution in [0.1, 0.15) is 40.5 Å². The molecule has 3 nitrogen and oxygen atoms in total. The molecule has 0 saturated carbocycles. The van der Waals surface area contributed by atoms with Crippen molar-refractivity contribution in [3.05, 3.63) is 0 Å². The van der Waals surface area contributed by atoms with Gasteiger partial charge in [0, 0.05) is 5.54 Å². The van der Waals surface area contributed by atoms with Crippen molar-refractivity contribution in [1.82, 2.24) is 0 Å². The third-order valence-corrected chi connectivity index (χ3v) is 1.99. The maximum absolute atomic E-state index is 8.36. The molecular formula is C9H21NO2. The van der Waals surface area contributed by atoms with Gasteiger partial charge in [0.25, 0.3) is 6.47 Å². The maximum atomic E-state index is 8.36. The van der Waals surface area contributed by atoms with Gasteiger partial charge in [0.2, 0.25) is 0 Å². The van der Waals surface area contributed by atoms with Gasteiger partial charge in [-0.3, -0.25) is 4.79 Å². The molecule has 0 heterocycles. The first kappa shape index (κ1) is 14.0. The van der Waals surface area contributed by atoms with Crippen molar-refractivity contribution in [3.63, 3.8) is 0 Å². The molecule has 0 radical (unpaired) electrons. The zero-order valence-corrected chi connectivity index (χ0v) is 8.50. The van der Waals surface area contributed by atoms with Gasteiger partial charge in [-0.2, -0.15) is 0 Å². The molecule has 0 amide bonds. The summed E-state index contributed by atoms with van der Waals surface area (Å²) in [6, 6.07) is 0. The molecule has 0 bridgehead atoms. The Labute approximate surface area is 75.0 Å². The fraction of sp³-hybridized carbons (Fsp3) is 0.889. The van der Waals surface area contributed by atoms with Gasteiger partial charge in [0.05, 0.1) is 0 Å². The number of carbonyl (C=O) groups is 1. The van der Waals surface area contributed by atoms with Crippen molar-refractivity contribution >= 4 is 6.47 Å². The Morgan fingerprint density at radius 2 is 1.92 bits per heavy atom. The molecule has 0 aliphatic carbocycles. The molecule has 3 N–H and O–H groups in total. The third-order valence-electron chi connectivity index (χ3n) is 1.99. The van der Waals surface area contributed by atoms with Crippen molar-refractivity contribution in [2.24, 2.45) is 11.7 Å². The summed E-state index contributed by atoms with van der Waals surface area (Å²) < 4.78 is 0. The highest BCUT2D eigenvalue weighted by Crippen LogP contribution is 2.17.